The van der Waals surface area contributed by atoms with Crippen LogP contribution in [0.1, 0.15) is 15.9 Å². The van der Waals surface area contributed by atoms with Gasteiger partial charge in [0.25, 0.3) is 5.91 Å². The quantitative estimate of drug-likeness (QED) is 0.899. The second kappa shape index (κ2) is 5.14. The first-order valence-corrected chi connectivity index (χ1v) is 5.81. The van der Waals surface area contributed by atoms with Gasteiger partial charge < -0.3 is 10.3 Å². The van der Waals surface area contributed by atoms with E-state index in [2.05, 4.69) is 26.2 Å². The second-order valence-electron chi connectivity index (χ2n) is 3.53. The molecule has 0 bridgehead atoms. The van der Waals surface area contributed by atoms with E-state index < -0.39 is 5.82 Å². The zero-order chi connectivity index (χ0) is 12.3. The molecule has 0 aliphatic rings. The van der Waals surface area contributed by atoms with Crippen LogP contribution in [0, 0.1) is 5.82 Å². The lowest BCUT2D eigenvalue weighted by molar-refractivity contribution is 0.0949. The van der Waals surface area contributed by atoms with Gasteiger partial charge in [-0.1, -0.05) is 0 Å². The average Bonchev–Trinajstić information content (AvgIpc) is 2.82. The fourth-order valence-corrected chi connectivity index (χ4v) is 1.84. The molecule has 0 unspecified atom stereocenters. The molecule has 0 saturated carbocycles. The van der Waals surface area contributed by atoms with Gasteiger partial charge in [-0.3, -0.25) is 4.79 Å². The van der Waals surface area contributed by atoms with Crippen LogP contribution in [0.2, 0.25) is 0 Å². The number of rotatable bonds is 3. The smallest absolute Gasteiger partial charge is 0.252 e. The number of benzene rings is 1. The van der Waals surface area contributed by atoms with Crippen LogP contribution < -0.4 is 5.32 Å². The predicted molar refractivity (Wildman–Crippen MR) is 66.1 cm³/mol. The van der Waals surface area contributed by atoms with Gasteiger partial charge >= 0.3 is 0 Å². The summed E-state index contributed by atoms with van der Waals surface area (Å²) in [6, 6.07) is 5.88. The van der Waals surface area contributed by atoms with Gasteiger partial charge in [0.05, 0.1) is 5.56 Å². The summed E-state index contributed by atoms with van der Waals surface area (Å²) in [5, 5.41) is 2.71. The third-order valence-corrected chi connectivity index (χ3v) is 2.98. The van der Waals surface area contributed by atoms with E-state index in [1.807, 2.05) is 6.07 Å². The molecule has 2 aromatic rings. The molecule has 0 fully saturated rings. The lowest BCUT2D eigenvalue weighted by Gasteiger charge is -2.05. The van der Waals surface area contributed by atoms with Gasteiger partial charge in [-0.2, -0.15) is 0 Å². The highest BCUT2D eigenvalue weighted by Gasteiger charge is 2.10. The highest BCUT2D eigenvalue weighted by Crippen LogP contribution is 2.17. The summed E-state index contributed by atoms with van der Waals surface area (Å²) in [5.74, 6) is -0.738. The zero-order valence-corrected chi connectivity index (χ0v) is 10.4. The summed E-state index contributed by atoms with van der Waals surface area (Å²) < 4.78 is 13.6. The van der Waals surface area contributed by atoms with E-state index in [0.29, 0.717) is 16.6 Å². The molecule has 1 aromatic carbocycles. The fraction of sp³-hybridized carbons (Fsp3) is 0.0833. The maximum Gasteiger partial charge on any atom is 0.252 e. The first-order chi connectivity index (χ1) is 8.16. The lowest BCUT2D eigenvalue weighted by atomic mass is 10.2. The van der Waals surface area contributed by atoms with Crippen molar-refractivity contribution in [3.63, 3.8) is 0 Å². The number of hydrogen-bond donors (Lipinski definition) is 2. The van der Waals surface area contributed by atoms with Crippen molar-refractivity contribution in [3.8, 4) is 0 Å². The van der Waals surface area contributed by atoms with Gasteiger partial charge in [-0.05, 0) is 45.8 Å². The van der Waals surface area contributed by atoms with Crippen molar-refractivity contribution < 1.29 is 9.18 Å². The minimum absolute atomic E-state index is 0.292. The summed E-state index contributed by atoms with van der Waals surface area (Å²) in [7, 11) is 0. The standard InChI is InChI=1S/C12H10BrFN2O/c13-11-2-1-9(14)5-10(11)12(17)16-7-8-3-4-15-6-8/h1-6,15H,7H2,(H,16,17). The lowest BCUT2D eigenvalue weighted by Crippen LogP contribution is -2.23. The van der Waals surface area contributed by atoms with Gasteiger partial charge in [0.2, 0.25) is 0 Å². The third-order valence-electron chi connectivity index (χ3n) is 2.29. The SMILES string of the molecule is O=C(NCc1cc[nH]c1)c1cc(F)ccc1Br. The molecule has 88 valence electrons. The van der Waals surface area contributed by atoms with Gasteiger partial charge in [-0.15, -0.1) is 0 Å². The molecule has 0 spiro atoms. The highest BCUT2D eigenvalue weighted by molar-refractivity contribution is 9.10. The van der Waals surface area contributed by atoms with Crippen LogP contribution in [0.5, 0.6) is 0 Å². The number of amides is 1. The van der Waals surface area contributed by atoms with Gasteiger partial charge in [0.15, 0.2) is 0 Å². The van der Waals surface area contributed by atoms with Crippen LogP contribution in [-0.4, -0.2) is 10.9 Å². The molecule has 5 heteroatoms. The monoisotopic (exact) mass is 296 g/mol. The molecule has 0 atom stereocenters. The molecular formula is C12H10BrFN2O. The Bertz CT molecular complexity index is 525. The van der Waals surface area contributed by atoms with E-state index in [9.17, 15) is 9.18 Å². The molecule has 17 heavy (non-hydrogen) atoms. The molecular weight excluding hydrogens is 287 g/mol. The molecule has 3 nitrogen and oxygen atoms in total. The van der Waals surface area contributed by atoms with Crippen LogP contribution in [-0.2, 0) is 6.54 Å². The van der Waals surface area contributed by atoms with Crippen LogP contribution in [0.15, 0.2) is 41.1 Å². The number of halogens is 2. The van der Waals surface area contributed by atoms with Crippen molar-refractivity contribution in [3.05, 3.63) is 58.1 Å². The van der Waals surface area contributed by atoms with E-state index in [4.69, 9.17) is 0 Å². The normalized spacial score (nSPS) is 10.2. The van der Waals surface area contributed by atoms with E-state index in [-0.39, 0.29) is 5.91 Å². The number of nitrogens with one attached hydrogen (secondary N) is 2. The second-order valence-corrected chi connectivity index (χ2v) is 4.38. The Balaban J connectivity index is 2.07. The molecule has 2 N–H and O–H groups in total. The van der Waals surface area contributed by atoms with Crippen molar-refractivity contribution in [2.75, 3.05) is 0 Å². The maximum absolute atomic E-state index is 13.0. The third kappa shape index (κ3) is 2.94. The van der Waals surface area contributed by atoms with E-state index in [0.717, 1.165) is 5.56 Å². The number of carbonyl (C=O) groups is 1. The van der Waals surface area contributed by atoms with E-state index in [1.165, 1.54) is 18.2 Å². The Hall–Kier alpha value is -1.62. The Labute approximate surface area is 106 Å². The van der Waals surface area contributed by atoms with Crippen molar-refractivity contribution in [2.24, 2.45) is 0 Å². The van der Waals surface area contributed by atoms with Crippen molar-refractivity contribution in [1.29, 1.82) is 0 Å². The van der Waals surface area contributed by atoms with Crippen LogP contribution in [0.3, 0.4) is 0 Å². The average molecular weight is 297 g/mol. The molecule has 1 heterocycles. The molecule has 0 radical (unpaired) electrons. The van der Waals surface area contributed by atoms with Gasteiger partial charge in [-0.25, -0.2) is 4.39 Å². The molecule has 0 saturated heterocycles. The summed E-state index contributed by atoms with van der Waals surface area (Å²) in [6.45, 7) is 0.408. The Kier molecular flexibility index (Phi) is 3.58. The number of carbonyl (C=O) groups excluding carboxylic acids is 1. The molecule has 0 aliphatic heterocycles. The van der Waals surface area contributed by atoms with Crippen LogP contribution in [0.4, 0.5) is 4.39 Å². The highest BCUT2D eigenvalue weighted by atomic mass is 79.9. The number of H-pyrrole nitrogens is 1. The zero-order valence-electron chi connectivity index (χ0n) is 8.84. The minimum atomic E-state index is -0.431. The summed E-state index contributed by atoms with van der Waals surface area (Å²) in [5.41, 5.74) is 1.26. The Morgan fingerprint density at radius 2 is 2.24 bits per heavy atom. The number of aromatic nitrogens is 1. The van der Waals surface area contributed by atoms with Crippen molar-refractivity contribution in [2.45, 2.75) is 6.54 Å². The molecule has 1 amide bonds. The Morgan fingerprint density at radius 1 is 1.41 bits per heavy atom. The van der Waals surface area contributed by atoms with Crippen LogP contribution >= 0.6 is 15.9 Å². The molecule has 1 aromatic heterocycles. The molecule has 0 aliphatic carbocycles. The number of aromatic amines is 1. The Morgan fingerprint density at radius 3 is 2.94 bits per heavy atom. The minimum Gasteiger partial charge on any atom is -0.367 e. The predicted octanol–water partition coefficient (Wildman–Crippen LogP) is 2.85. The first kappa shape index (κ1) is 11.9. The topological polar surface area (TPSA) is 44.9 Å². The first-order valence-electron chi connectivity index (χ1n) is 5.02. The van der Waals surface area contributed by atoms with Crippen LogP contribution in [0.25, 0.3) is 0 Å². The van der Waals surface area contributed by atoms with Gasteiger partial charge in [0.1, 0.15) is 5.82 Å². The largest absolute Gasteiger partial charge is 0.367 e. The van der Waals surface area contributed by atoms with E-state index >= 15 is 0 Å². The number of hydrogen-bond acceptors (Lipinski definition) is 1. The maximum atomic E-state index is 13.0. The fourth-order valence-electron chi connectivity index (χ4n) is 1.42. The van der Waals surface area contributed by atoms with Crippen molar-refractivity contribution >= 4 is 21.8 Å². The molecule has 2 rings (SSSR count). The van der Waals surface area contributed by atoms with Gasteiger partial charge in [0, 0.05) is 23.4 Å². The summed E-state index contributed by atoms with van der Waals surface area (Å²) >= 11 is 3.22. The summed E-state index contributed by atoms with van der Waals surface area (Å²) in [4.78, 5) is 14.7. The van der Waals surface area contributed by atoms with E-state index in [1.54, 1.807) is 12.4 Å². The van der Waals surface area contributed by atoms with Crippen molar-refractivity contribution in [1.82, 2.24) is 10.3 Å². The summed E-state index contributed by atoms with van der Waals surface area (Å²) in [6.07, 6.45) is 3.57.